The highest BCUT2D eigenvalue weighted by Gasteiger charge is 2.25. The molecule has 0 aromatic heterocycles. The molecule has 0 amide bonds. The van der Waals surface area contributed by atoms with Gasteiger partial charge >= 0.3 is 5.97 Å². The van der Waals surface area contributed by atoms with Crippen molar-refractivity contribution < 1.29 is 9.90 Å². The van der Waals surface area contributed by atoms with Crippen LogP contribution in [-0.4, -0.2) is 19.1 Å². The predicted octanol–water partition coefficient (Wildman–Crippen LogP) is 2.82. The topological polar surface area (TPSA) is 37.3 Å². The van der Waals surface area contributed by atoms with Crippen molar-refractivity contribution in [2.45, 2.75) is 25.9 Å². The van der Waals surface area contributed by atoms with Crippen molar-refractivity contribution in [3.63, 3.8) is 0 Å². The van der Waals surface area contributed by atoms with E-state index in [0.29, 0.717) is 6.42 Å². The van der Waals surface area contributed by atoms with Gasteiger partial charge in [0.25, 0.3) is 0 Å². The summed E-state index contributed by atoms with van der Waals surface area (Å²) in [5.74, 6) is -0.762. The standard InChI is InChI=1S/C13H18O2SSi/c1-17(2,11-7-4-3-5-8-11)13(16)10-6-9-12(14)15/h3-5,7-8,10,16H,6,9H2,1-2H3,(H,14,15)/b13-10+. The Morgan fingerprint density at radius 3 is 2.47 bits per heavy atom. The highest BCUT2D eigenvalue weighted by Crippen LogP contribution is 2.19. The van der Waals surface area contributed by atoms with Crippen LogP contribution in [0.2, 0.25) is 13.1 Å². The second kappa shape index (κ2) is 6.07. The molecule has 0 unspecified atom stereocenters. The molecule has 0 bridgehead atoms. The number of carboxylic acids is 1. The predicted molar refractivity (Wildman–Crippen MR) is 77.5 cm³/mol. The molecule has 1 N–H and O–H groups in total. The smallest absolute Gasteiger partial charge is 0.303 e. The molecule has 4 heteroatoms. The molecule has 0 saturated carbocycles. The van der Waals surface area contributed by atoms with E-state index >= 15 is 0 Å². The number of carbonyl (C=O) groups is 1. The van der Waals surface area contributed by atoms with Crippen LogP contribution < -0.4 is 5.19 Å². The molecule has 17 heavy (non-hydrogen) atoms. The van der Waals surface area contributed by atoms with Gasteiger partial charge in [0, 0.05) is 6.42 Å². The molecule has 1 aromatic rings. The van der Waals surface area contributed by atoms with Gasteiger partial charge in [0.2, 0.25) is 0 Å². The normalized spacial score (nSPS) is 12.5. The van der Waals surface area contributed by atoms with E-state index in [4.69, 9.17) is 5.11 Å². The van der Waals surface area contributed by atoms with Crippen molar-refractivity contribution in [2.75, 3.05) is 0 Å². The summed E-state index contributed by atoms with van der Waals surface area (Å²) in [7, 11) is -1.72. The van der Waals surface area contributed by atoms with Crippen LogP contribution in [0.4, 0.5) is 0 Å². The molecule has 0 aliphatic rings. The van der Waals surface area contributed by atoms with Crippen molar-refractivity contribution in [1.29, 1.82) is 0 Å². The van der Waals surface area contributed by atoms with Crippen LogP contribution in [0.5, 0.6) is 0 Å². The summed E-state index contributed by atoms with van der Waals surface area (Å²) in [5, 5.41) is 9.92. The van der Waals surface area contributed by atoms with Gasteiger partial charge in [-0.15, -0.1) is 0 Å². The first-order chi connectivity index (χ1) is 7.94. The van der Waals surface area contributed by atoms with Crippen LogP contribution in [0.3, 0.4) is 0 Å². The largest absolute Gasteiger partial charge is 0.481 e. The lowest BCUT2D eigenvalue weighted by Crippen LogP contribution is -2.42. The third-order valence-corrected chi connectivity index (χ3v) is 7.95. The van der Waals surface area contributed by atoms with Crippen LogP contribution in [0.1, 0.15) is 12.8 Å². The summed E-state index contributed by atoms with van der Waals surface area (Å²) >= 11 is 4.55. The molecule has 1 rings (SSSR count). The summed E-state index contributed by atoms with van der Waals surface area (Å²) in [6.45, 7) is 4.45. The van der Waals surface area contributed by atoms with E-state index in [1.807, 2.05) is 24.3 Å². The van der Waals surface area contributed by atoms with E-state index in [2.05, 4.69) is 37.9 Å². The van der Waals surface area contributed by atoms with Crippen molar-refractivity contribution in [1.82, 2.24) is 0 Å². The molecule has 0 spiro atoms. The molecule has 0 radical (unpaired) electrons. The zero-order chi connectivity index (χ0) is 12.9. The minimum Gasteiger partial charge on any atom is -0.481 e. The van der Waals surface area contributed by atoms with Crippen molar-refractivity contribution in [3.05, 3.63) is 40.9 Å². The molecular weight excluding hydrogens is 248 g/mol. The van der Waals surface area contributed by atoms with Crippen LogP contribution in [0, 0.1) is 0 Å². The molecule has 0 heterocycles. The van der Waals surface area contributed by atoms with E-state index in [-0.39, 0.29) is 6.42 Å². The average Bonchev–Trinajstić information content (AvgIpc) is 2.29. The summed E-state index contributed by atoms with van der Waals surface area (Å²) in [4.78, 5) is 10.5. The van der Waals surface area contributed by atoms with Crippen LogP contribution >= 0.6 is 12.6 Å². The maximum Gasteiger partial charge on any atom is 0.303 e. The number of hydrogen-bond acceptors (Lipinski definition) is 2. The lowest BCUT2D eigenvalue weighted by molar-refractivity contribution is -0.136. The van der Waals surface area contributed by atoms with Gasteiger partial charge < -0.3 is 5.11 Å². The highest BCUT2D eigenvalue weighted by molar-refractivity contribution is 7.87. The van der Waals surface area contributed by atoms with E-state index < -0.39 is 14.0 Å². The summed E-state index contributed by atoms with van der Waals surface area (Å²) < 4.78 is 1.05. The quantitative estimate of drug-likeness (QED) is 0.635. The molecular formula is C13H18O2SSi. The van der Waals surface area contributed by atoms with Gasteiger partial charge in [-0.3, -0.25) is 4.79 Å². The number of hydrogen-bond donors (Lipinski definition) is 2. The van der Waals surface area contributed by atoms with E-state index in [1.165, 1.54) is 5.19 Å². The van der Waals surface area contributed by atoms with E-state index in [1.54, 1.807) is 0 Å². The van der Waals surface area contributed by atoms with E-state index in [9.17, 15) is 4.79 Å². The van der Waals surface area contributed by atoms with Gasteiger partial charge in [0.1, 0.15) is 8.07 Å². The fourth-order valence-corrected chi connectivity index (χ4v) is 4.08. The summed E-state index contributed by atoms with van der Waals surface area (Å²) in [5.41, 5.74) is 0. The maximum atomic E-state index is 10.5. The molecule has 2 nitrogen and oxygen atoms in total. The molecule has 0 aliphatic heterocycles. The average molecular weight is 266 g/mol. The molecule has 1 aromatic carbocycles. The van der Waals surface area contributed by atoms with Crippen molar-refractivity contribution in [3.8, 4) is 0 Å². The Morgan fingerprint density at radius 1 is 1.35 bits per heavy atom. The lowest BCUT2D eigenvalue weighted by atomic mass is 10.3. The Balaban J connectivity index is 2.79. The van der Waals surface area contributed by atoms with Crippen LogP contribution in [0.15, 0.2) is 40.9 Å². The van der Waals surface area contributed by atoms with Gasteiger partial charge in [-0.25, -0.2) is 0 Å². The maximum absolute atomic E-state index is 10.5. The Morgan fingerprint density at radius 2 is 1.94 bits per heavy atom. The number of rotatable bonds is 5. The van der Waals surface area contributed by atoms with Gasteiger partial charge in [-0.2, -0.15) is 12.6 Å². The first-order valence-corrected chi connectivity index (χ1v) is 9.06. The summed E-state index contributed by atoms with van der Waals surface area (Å²) in [6.07, 6.45) is 2.68. The molecule has 0 atom stereocenters. The first kappa shape index (κ1) is 14.1. The first-order valence-electron chi connectivity index (χ1n) is 5.61. The highest BCUT2D eigenvalue weighted by atomic mass is 32.1. The SMILES string of the molecule is C[Si](C)(/C(S)=C/CCC(=O)O)c1ccccc1. The fourth-order valence-electron chi connectivity index (χ4n) is 1.59. The molecule has 0 saturated heterocycles. The van der Waals surface area contributed by atoms with Crippen molar-refractivity contribution in [2.24, 2.45) is 0 Å². The number of thiol groups is 1. The Bertz CT molecular complexity index is 413. The number of benzene rings is 1. The Hall–Kier alpha value is -1.00. The molecule has 92 valence electrons. The second-order valence-corrected chi connectivity index (χ2v) is 9.78. The zero-order valence-corrected chi connectivity index (χ0v) is 12.1. The monoisotopic (exact) mass is 266 g/mol. The minimum absolute atomic E-state index is 0.170. The summed E-state index contributed by atoms with van der Waals surface area (Å²) in [6, 6.07) is 10.3. The Kier molecular flexibility index (Phi) is 5.02. The number of allylic oxidation sites excluding steroid dienone is 1. The molecule has 0 fully saturated rings. The van der Waals surface area contributed by atoms with E-state index in [0.717, 1.165) is 4.53 Å². The third kappa shape index (κ3) is 4.05. The minimum atomic E-state index is -1.72. The lowest BCUT2D eigenvalue weighted by Gasteiger charge is -2.23. The van der Waals surface area contributed by atoms with Gasteiger partial charge in [0.05, 0.1) is 0 Å². The van der Waals surface area contributed by atoms with Crippen LogP contribution in [0.25, 0.3) is 0 Å². The van der Waals surface area contributed by atoms with Crippen LogP contribution in [-0.2, 0) is 4.79 Å². The van der Waals surface area contributed by atoms with Gasteiger partial charge in [-0.1, -0.05) is 54.7 Å². The number of carboxylic acid groups (broad SMARTS) is 1. The van der Waals surface area contributed by atoms with Gasteiger partial charge in [-0.05, 0) is 10.9 Å². The second-order valence-electron chi connectivity index (χ2n) is 4.51. The molecule has 0 aliphatic carbocycles. The third-order valence-electron chi connectivity index (χ3n) is 2.83. The fraction of sp³-hybridized carbons (Fsp3) is 0.308. The van der Waals surface area contributed by atoms with Crippen molar-refractivity contribution >= 4 is 31.9 Å². The van der Waals surface area contributed by atoms with Gasteiger partial charge in [0.15, 0.2) is 0 Å². The Labute approximate surface area is 109 Å². The zero-order valence-electron chi connectivity index (χ0n) is 10.2. The number of aliphatic carboxylic acids is 1.